The maximum absolute atomic E-state index is 13.2. The summed E-state index contributed by atoms with van der Waals surface area (Å²) in [4.78, 5) is 0. The van der Waals surface area contributed by atoms with Gasteiger partial charge < -0.3 is 21.7 Å². The minimum absolute atomic E-state index is 0.372. The molecule has 0 spiro atoms. The zero-order valence-corrected chi connectivity index (χ0v) is 9.08. The average molecular weight is 268 g/mol. The molecule has 2 atom stereocenters. The summed E-state index contributed by atoms with van der Waals surface area (Å²) in [5, 5.41) is 18.7. The number of nitrogens with two attached hydrogens (primary N) is 2. The van der Waals surface area contributed by atoms with Gasteiger partial charge in [0, 0.05) is 6.54 Å². The first-order valence-corrected chi connectivity index (χ1v) is 4.90. The molecule has 0 aliphatic rings. The van der Waals surface area contributed by atoms with E-state index in [1.165, 1.54) is 0 Å². The first-order chi connectivity index (χ1) is 8.18. The number of hydrogen-bond donors (Lipinski definition) is 4. The van der Waals surface area contributed by atoms with Gasteiger partial charge >= 0.3 is 6.18 Å². The summed E-state index contributed by atoms with van der Waals surface area (Å²) in [6, 6.07) is 0.818. The fraction of sp³-hybridized carbons (Fsp3) is 0.400. The second-order valence-electron chi connectivity index (χ2n) is 3.71. The molecule has 0 bridgehead atoms. The Labute approximate surface area is 99.8 Å². The van der Waals surface area contributed by atoms with Gasteiger partial charge in [0.05, 0.1) is 17.4 Å². The van der Waals surface area contributed by atoms with E-state index in [4.69, 9.17) is 11.5 Å². The number of aliphatic hydroxyl groups excluding tert-OH is 2. The largest absolute Gasteiger partial charge is 0.416 e. The third kappa shape index (κ3) is 2.89. The highest BCUT2D eigenvalue weighted by Crippen LogP contribution is 2.37. The van der Waals surface area contributed by atoms with Gasteiger partial charge in [-0.15, -0.1) is 0 Å². The smallest absolute Gasteiger partial charge is 0.396 e. The van der Waals surface area contributed by atoms with E-state index < -0.39 is 47.6 Å². The quantitative estimate of drug-likeness (QED) is 0.481. The van der Waals surface area contributed by atoms with E-state index >= 15 is 0 Å². The normalized spacial score (nSPS) is 15.5. The molecule has 0 fully saturated rings. The summed E-state index contributed by atoms with van der Waals surface area (Å²) < 4.78 is 51.2. The third-order valence-corrected chi connectivity index (χ3v) is 2.40. The lowest BCUT2D eigenvalue weighted by atomic mass is 9.97. The molecular weight excluding hydrogens is 256 g/mol. The molecule has 0 aliphatic carbocycles. The highest BCUT2D eigenvalue weighted by atomic mass is 19.4. The van der Waals surface area contributed by atoms with Crippen LogP contribution >= 0.6 is 0 Å². The number of nitrogen functional groups attached to an aromatic ring is 1. The molecule has 4 nitrogen and oxygen atoms in total. The second-order valence-corrected chi connectivity index (χ2v) is 3.71. The van der Waals surface area contributed by atoms with Gasteiger partial charge in [-0.05, 0) is 17.7 Å². The van der Waals surface area contributed by atoms with Crippen molar-refractivity contribution in [2.45, 2.75) is 18.4 Å². The molecular formula is C10H12F4N2O2. The van der Waals surface area contributed by atoms with E-state index in [0.717, 1.165) is 0 Å². The molecule has 102 valence electrons. The molecule has 0 saturated carbocycles. The molecule has 1 aromatic rings. The first kappa shape index (κ1) is 14.7. The Morgan fingerprint density at radius 2 is 1.78 bits per heavy atom. The monoisotopic (exact) mass is 268 g/mol. The number of anilines is 1. The van der Waals surface area contributed by atoms with E-state index in [9.17, 15) is 27.8 Å². The predicted octanol–water partition coefficient (Wildman–Crippen LogP) is 0.780. The van der Waals surface area contributed by atoms with Crippen LogP contribution in [-0.2, 0) is 6.18 Å². The number of halogens is 4. The van der Waals surface area contributed by atoms with Crippen molar-refractivity contribution >= 4 is 5.69 Å². The summed E-state index contributed by atoms with van der Waals surface area (Å²) in [7, 11) is 0. The maximum Gasteiger partial charge on any atom is 0.416 e. The number of aliphatic hydroxyl groups is 2. The van der Waals surface area contributed by atoms with Gasteiger partial charge in [-0.25, -0.2) is 4.39 Å². The van der Waals surface area contributed by atoms with Crippen molar-refractivity contribution < 1.29 is 27.8 Å². The molecule has 1 rings (SSSR count). The van der Waals surface area contributed by atoms with Crippen LogP contribution in [0.5, 0.6) is 0 Å². The van der Waals surface area contributed by atoms with Crippen LogP contribution in [0.4, 0.5) is 23.2 Å². The van der Waals surface area contributed by atoms with Crippen molar-refractivity contribution in [2.24, 2.45) is 5.73 Å². The molecule has 18 heavy (non-hydrogen) atoms. The summed E-state index contributed by atoms with van der Waals surface area (Å²) in [5.41, 5.74) is 7.28. The molecule has 0 radical (unpaired) electrons. The lowest BCUT2D eigenvalue weighted by molar-refractivity contribution is -0.139. The Balaban J connectivity index is 3.37. The van der Waals surface area contributed by atoms with Crippen LogP contribution in [0.1, 0.15) is 17.2 Å². The summed E-state index contributed by atoms with van der Waals surface area (Å²) in [6.45, 7) is -0.468. The Bertz CT molecular complexity index is 437. The molecule has 0 saturated heterocycles. The fourth-order valence-corrected chi connectivity index (χ4v) is 1.43. The molecule has 0 aliphatic heterocycles. The van der Waals surface area contributed by atoms with Crippen LogP contribution in [0.25, 0.3) is 0 Å². The van der Waals surface area contributed by atoms with Crippen molar-refractivity contribution in [3.63, 3.8) is 0 Å². The van der Waals surface area contributed by atoms with E-state index in [1.807, 2.05) is 0 Å². The number of alkyl halides is 3. The number of benzene rings is 1. The predicted molar refractivity (Wildman–Crippen MR) is 55.8 cm³/mol. The molecule has 6 N–H and O–H groups in total. The van der Waals surface area contributed by atoms with E-state index in [-0.39, 0.29) is 0 Å². The molecule has 1 aromatic carbocycles. The zero-order valence-electron chi connectivity index (χ0n) is 9.08. The van der Waals surface area contributed by atoms with Crippen LogP contribution in [0.3, 0.4) is 0 Å². The van der Waals surface area contributed by atoms with Crippen molar-refractivity contribution in [2.75, 3.05) is 12.3 Å². The lowest BCUT2D eigenvalue weighted by Gasteiger charge is -2.21. The van der Waals surface area contributed by atoms with Crippen molar-refractivity contribution in [1.82, 2.24) is 0 Å². The Morgan fingerprint density at radius 1 is 1.22 bits per heavy atom. The Kier molecular flexibility index (Phi) is 4.15. The Hall–Kier alpha value is -1.38. The van der Waals surface area contributed by atoms with Gasteiger partial charge in [-0.3, -0.25) is 0 Å². The molecule has 0 aromatic heterocycles. The molecule has 2 unspecified atom stereocenters. The van der Waals surface area contributed by atoms with Crippen LogP contribution in [0.15, 0.2) is 12.1 Å². The van der Waals surface area contributed by atoms with E-state index in [2.05, 4.69) is 0 Å². The molecule has 0 heterocycles. The zero-order chi connectivity index (χ0) is 14.1. The second kappa shape index (κ2) is 5.09. The van der Waals surface area contributed by atoms with Gasteiger partial charge in [0.25, 0.3) is 0 Å². The highest BCUT2D eigenvalue weighted by molar-refractivity contribution is 5.48. The van der Waals surface area contributed by atoms with E-state index in [1.54, 1.807) is 0 Å². The molecule has 8 heteroatoms. The third-order valence-electron chi connectivity index (χ3n) is 2.40. The number of rotatable bonds is 3. The molecule has 0 amide bonds. The van der Waals surface area contributed by atoms with Crippen LogP contribution in [0.2, 0.25) is 0 Å². The van der Waals surface area contributed by atoms with Gasteiger partial charge in [0.2, 0.25) is 0 Å². The highest BCUT2D eigenvalue weighted by Gasteiger charge is 2.37. The minimum atomic E-state index is -4.83. The summed E-state index contributed by atoms with van der Waals surface area (Å²) in [5.74, 6) is -1.11. The van der Waals surface area contributed by atoms with Crippen LogP contribution in [0, 0.1) is 5.82 Å². The van der Waals surface area contributed by atoms with Crippen molar-refractivity contribution in [1.29, 1.82) is 0 Å². The number of hydrogen-bond acceptors (Lipinski definition) is 4. The van der Waals surface area contributed by atoms with E-state index in [0.29, 0.717) is 12.1 Å². The van der Waals surface area contributed by atoms with Gasteiger partial charge in [-0.1, -0.05) is 0 Å². The lowest BCUT2D eigenvalue weighted by Crippen LogP contribution is -2.29. The van der Waals surface area contributed by atoms with Gasteiger partial charge in [-0.2, -0.15) is 13.2 Å². The average Bonchev–Trinajstić information content (AvgIpc) is 2.28. The maximum atomic E-state index is 13.2. The van der Waals surface area contributed by atoms with Crippen molar-refractivity contribution in [3.05, 3.63) is 29.1 Å². The summed E-state index contributed by atoms with van der Waals surface area (Å²) in [6.07, 6.45) is -8.40. The minimum Gasteiger partial charge on any atom is -0.396 e. The van der Waals surface area contributed by atoms with Gasteiger partial charge in [0.1, 0.15) is 11.9 Å². The first-order valence-electron chi connectivity index (χ1n) is 4.90. The SMILES string of the molecule is NCC(O)C(O)c1cc(F)c(N)cc1C(F)(F)F. The fourth-order valence-electron chi connectivity index (χ4n) is 1.43. The van der Waals surface area contributed by atoms with Crippen molar-refractivity contribution in [3.8, 4) is 0 Å². The van der Waals surface area contributed by atoms with Gasteiger partial charge in [0.15, 0.2) is 0 Å². The van der Waals surface area contributed by atoms with Crippen LogP contribution in [-0.4, -0.2) is 22.9 Å². The Morgan fingerprint density at radius 3 is 2.22 bits per heavy atom. The standard InChI is InChI=1S/C10H12F4N2O2/c11-6-1-4(9(18)8(17)3-15)5(2-7(6)16)10(12,13)14/h1-2,8-9,17-18H,3,15-16H2. The topological polar surface area (TPSA) is 92.5 Å². The van der Waals surface area contributed by atoms with Crippen LogP contribution < -0.4 is 11.5 Å². The summed E-state index contributed by atoms with van der Waals surface area (Å²) >= 11 is 0.